The highest BCUT2D eigenvalue weighted by molar-refractivity contribution is 5.67. The molecule has 0 unspecified atom stereocenters. The van der Waals surface area contributed by atoms with E-state index >= 15 is 0 Å². The molecule has 0 radical (unpaired) electrons. The highest BCUT2D eigenvalue weighted by Gasteiger charge is 2.00. The zero-order valence-electron chi connectivity index (χ0n) is 7.73. The van der Waals surface area contributed by atoms with Crippen molar-refractivity contribution in [1.82, 2.24) is 10.3 Å². The van der Waals surface area contributed by atoms with Gasteiger partial charge in [0.25, 0.3) is 0 Å². The maximum Gasteiger partial charge on any atom is 0.407 e. The van der Waals surface area contributed by atoms with Crippen LogP contribution in [0.1, 0.15) is 5.69 Å². The van der Waals surface area contributed by atoms with E-state index in [4.69, 9.17) is 9.15 Å². The van der Waals surface area contributed by atoms with Gasteiger partial charge in [0.2, 0.25) is 0 Å². The SMILES string of the molecule is C=CCOC(=O)NCCc1cocn1. The van der Waals surface area contributed by atoms with Gasteiger partial charge in [-0.15, -0.1) is 0 Å². The Bertz CT molecular complexity index is 282. The summed E-state index contributed by atoms with van der Waals surface area (Å²) in [6.45, 7) is 4.12. The van der Waals surface area contributed by atoms with E-state index in [-0.39, 0.29) is 6.61 Å². The molecule has 1 heterocycles. The van der Waals surface area contributed by atoms with Crippen molar-refractivity contribution in [2.45, 2.75) is 6.42 Å². The normalized spacial score (nSPS) is 9.43. The molecular weight excluding hydrogens is 184 g/mol. The predicted molar refractivity (Wildman–Crippen MR) is 49.8 cm³/mol. The summed E-state index contributed by atoms with van der Waals surface area (Å²) in [6, 6.07) is 0. The maximum absolute atomic E-state index is 10.9. The standard InChI is InChI=1S/C9H12N2O3/c1-2-5-14-9(12)10-4-3-8-6-13-7-11-8/h2,6-7H,1,3-5H2,(H,10,12). The monoisotopic (exact) mass is 196 g/mol. The molecule has 0 spiro atoms. The third-order valence-corrected chi connectivity index (χ3v) is 1.47. The van der Waals surface area contributed by atoms with E-state index in [2.05, 4.69) is 16.9 Å². The van der Waals surface area contributed by atoms with Crippen molar-refractivity contribution in [1.29, 1.82) is 0 Å². The maximum atomic E-state index is 10.9. The van der Waals surface area contributed by atoms with E-state index in [1.165, 1.54) is 18.7 Å². The van der Waals surface area contributed by atoms with Crippen molar-refractivity contribution in [2.75, 3.05) is 13.2 Å². The van der Waals surface area contributed by atoms with Crippen LogP contribution < -0.4 is 5.32 Å². The Morgan fingerprint density at radius 3 is 3.29 bits per heavy atom. The van der Waals surface area contributed by atoms with Crippen molar-refractivity contribution in [3.05, 3.63) is 31.0 Å². The minimum Gasteiger partial charge on any atom is -0.451 e. The summed E-state index contributed by atoms with van der Waals surface area (Å²) in [4.78, 5) is 14.8. The first-order chi connectivity index (χ1) is 6.83. The smallest absolute Gasteiger partial charge is 0.407 e. The van der Waals surface area contributed by atoms with E-state index in [1.807, 2.05) is 0 Å². The van der Waals surface area contributed by atoms with Crippen LogP contribution in [0.4, 0.5) is 4.79 Å². The van der Waals surface area contributed by atoms with Crippen LogP contribution in [0.15, 0.2) is 29.7 Å². The minimum absolute atomic E-state index is 0.218. The lowest BCUT2D eigenvalue weighted by atomic mass is 10.3. The molecule has 0 saturated carbocycles. The number of hydrogen-bond acceptors (Lipinski definition) is 4. The van der Waals surface area contributed by atoms with Crippen LogP contribution in [0.3, 0.4) is 0 Å². The molecular formula is C9H12N2O3. The summed E-state index contributed by atoms with van der Waals surface area (Å²) in [5.41, 5.74) is 0.800. The lowest BCUT2D eigenvalue weighted by Crippen LogP contribution is -2.26. The molecule has 0 aliphatic carbocycles. The molecule has 0 bridgehead atoms. The number of amides is 1. The Kier molecular flexibility index (Phi) is 4.26. The molecule has 1 amide bonds. The summed E-state index contributed by atoms with van der Waals surface area (Å²) in [6.07, 6.45) is 4.58. The summed E-state index contributed by atoms with van der Waals surface area (Å²) in [5, 5.41) is 2.57. The fraction of sp³-hybridized carbons (Fsp3) is 0.333. The molecule has 0 aliphatic rings. The number of oxazole rings is 1. The second kappa shape index (κ2) is 5.80. The largest absolute Gasteiger partial charge is 0.451 e. The third-order valence-electron chi connectivity index (χ3n) is 1.47. The second-order valence-corrected chi connectivity index (χ2v) is 2.54. The number of aromatic nitrogens is 1. The van der Waals surface area contributed by atoms with Gasteiger partial charge >= 0.3 is 6.09 Å². The van der Waals surface area contributed by atoms with Crippen LogP contribution in [0.2, 0.25) is 0 Å². The average Bonchev–Trinajstić information content (AvgIpc) is 2.67. The first-order valence-electron chi connectivity index (χ1n) is 4.21. The topological polar surface area (TPSA) is 64.4 Å². The number of ether oxygens (including phenoxy) is 1. The Labute approximate surface area is 81.8 Å². The Morgan fingerprint density at radius 2 is 2.64 bits per heavy atom. The van der Waals surface area contributed by atoms with Gasteiger partial charge in [0.1, 0.15) is 12.9 Å². The zero-order chi connectivity index (χ0) is 10.2. The van der Waals surface area contributed by atoms with Crippen molar-refractivity contribution >= 4 is 6.09 Å². The third kappa shape index (κ3) is 3.75. The lowest BCUT2D eigenvalue weighted by Gasteiger charge is -2.02. The fourth-order valence-corrected chi connectivity index (χ4v) is 0.839. The van der Waals surface area contributed by atoms with Gasteiger partial charge in [0.15, 0.2) is 6.39 Å². The van der Waals surface area contributed by atoms with E-state index in [0.29, 0.717) is 13.0 Å². The number of alkyl carbamates (subject to hydrolysis) is 1. The van der Waals surface area contributed by atoms with Gasteiger partial charge in [-0.3, -0.25) is 0 Å². The van der Waals surface area contributed by atoms with Gasteiger partial charge in [-0.05, 0) is 0 Å². The first-order valence-corrected chi connectivity index (χ1v) is 4.21. The summed E-state index contributed by atoms with van der Waals surface area (Å²) in [5.74, 6) is 0. The molecule has 76 valence electrons. The lowest BCUT2D eigenvalue weighted by molar-refractivity contribution is 0.158. The number of carbonyl (C=O) groups excluding carboxylic acids is 1. The van der Waals surface area contributed by atoms with Crippen LogP contribution in [0.5, 0.6) is 0 Å². The van der Waals surface area contributed by atoms with Crippen LogP contribution in [-0.2, 0) is 11.2 Å². The molecule has 1 aromatic rings. The van der Waals surface area contributed by atoms with Crippen molar-refractivity contribution in [2.24, 2.45) is 0 Å². The highest BCUT2D eigenvalue weighted by Crippen LogP contribution is 1.93. The van der Waals surface area contributed by atoms with E-state index in [1.54, 1.807) is 0 Å². The molecule has 0 aliphatic heterocycles. The number of nitrogens with zero attached hydrogens (tertiary/aromatic N) is 1. The molecule has 5 nitrogen and oxygen atoms in total. The molecule has 0 atom stereocenters. The molecule has 14 heavy (non-hydrogen) atoms. The van der Waals surface area contributed by atoms with Gasteiger partial charge < -0.3 is 14.5 Å². The molecule has 5 heteroatoms. The number of carbonyl (C=O) groups is 1. The number of hydrogen-bond donors (Lipinski definition) is 1. The quantitative estimate of drug-likeness (QED) is 0.717. The first kappa shape index (κ1) is 10.3. The zero-order valence-corrected chi connectivity index (χ0v) is 7.73. The number of rotatable bonds is 5. The van der Waals surface area contributed by atoms with Gasteiger partial charge in [0, 0.05) is 13.0 Å². The minimum atomic E-state index is -0.451. The Morgan fingerprint density at radius 1 is 1.79 bits per heavy atom. The summed E-state index contributed by atoms with van der Waals surface area (Å²) >= 11 is 0. The summed E-state index contributed by atoms with van der Waals surface area (Å²) in [7, 11) is 0. The van der Waals surface area contributed by atoms with Crippen LogP contribution >= 0.6 is 0 Å². The van der Waals surface area contributed by atoms with Gasteiger partial charge in [0.05, 0.1) is 5.69 Å². The van der Waals surface area contributed by atoms with Gasteiger partial charge in [-0.1, -0.05) is 12.7 Å². The molecule has 1 aromatic heterocycles. The van der Waals surface area contributed by atoms with Crippen LogP contribution in [0, 0.1) is 0 Å². The molecule has 0 saturated heterocycles. The predicted octanol–water partition coefficient (Wildman–Crippen LogP) is 1.13. The highest BCUT2D eigenvalue weighted by atomic mass is 16.5. The van der Waals surface area contributed by atoms with E-state index in [9.17, 15) is 4.79 Å². The van der Waals surface area contributed by atoms with Crippen LogP contribution in [0.25, 0.3) is 0 Å². The van der Waals surface area contributed by atoms with Crippen LogP contribution in [-0.4, -0.2) is 24.2 Å². The molecule has 1 N–H and O–H groups in total. The molecule has 0 fully saturated rings. The van der Waals surface area contributed by atoms with Crippen molar-refractivity contribution in [3.8, 4) is 0 Å². The molecule has 0 aromatic carbocycles. The fourth-order valence-electron chi connectivity index (χ4n) is 0.839. The van der Waals surface area contributed by atoms with Crippen molar-refractivity contribution < 1.29 is 13.9 Å². The number of nitrogens with one attached hydrogen (secondary N) is 1. The van der Waals surface area contributed by atoms with E-state index < -0.39 is 6.09 Å². The van der Waals surface area contributed by atoms with E-state index in [0.717, 1.165) is 5.69 Å². The van der Waals surface area contributed by atoms with Gasteiger partial charge in [-0.25, -0.2) is 9.78 Å². The summed E-state index contributed by atoms with van der Waals surface area (Å²) < 4.78 is 9.47. The molecule has 1 rings (SSSR count). The second-order valence-electron chi connectivity index (χ2n) is 2.54. The van der Waals surface area contributed by atoms with Gasteiger partial charge in [-0.2, -0.15) is 0 Å². The van der Waals surface area contributed by atoms with Crippen molar-refractivity contribution in [3.63, 3.8) is 0 Å². The Hall–Kier alpha value is -1.78. The average molecular weight is 196 g/mol. The Balaban J connectivity index is 2.09.